The van der Waals surface area contributed by atoms with Crippen molar-refractivity contribution in [3.63, 3.8) is 0 Å². The van der Waals surface area contributed by atoms with Crippen LogP contribution >= 0.6 is 0 Å². The fourth-order valence-corrected chi connectivity index (χ4v) is 0. The number of carboxylic acid groups (broad SMARTS) is 2. The van der Waals surface area contributed by atoms with Crippen molar-refractivity contribution >= 4 is 55.0 Å². The molecule has 0 aliphatic rings. The molecule has 0 unspecified atom stereocenters. The molecule has 0 spiro atoms. The van der Waals surface area contributed by atoms with Gasteiger partial charge in [0.1, 0.15) is 0 Å². The number of carbonyl (C=O) groups is 1. The largest absolute Gasteiger partial charge is 0.503 e. The molecule has 0 aliphatic heterocycles. The number of rotatable bonds is 0. The summed E-state index contributed by atoms with van der Waals surface area (Å²) in [5.74, 6) is 0. The van der Waals surface area contributed by atoms with Crippen LogP contribution in [0.4, 0.5) is 4.79 Å². The normalized spacial score (nSPS) is 4.80. The number of hydrogen-bond donors (Lipinski definition) is 2. The van der Waals surface area contributed by atoms with Crippen LogP contribution < -0.4 is 0 Å². The predicted octanol–water partition coefficient (Wildman–Crippen LogP) is -0.158. The second kappa shape index (κ2) is 4.84. The van der Waals surface area contributed by atoms with Gasteiger partial charge in [-0.05, 0) is 0 Å². The average Bonchev–Trinajstić information content (AvgIpc) is 0.811. The molecule has 0 heterocycles. The summed E-state index contributed by atoms with van der Waals surface area (Å²) in [6.07, 6.45) is -1.83. The second-order valence-electron chi connectivity index (χ2n) is 0.283. The molecule has 0 saturated heterocycles. The molecule has 0 aromatic heterocycles. The van der Waals surface area contributed by atoms with Crippen LogP contribution in [0.5, 0.6) is 0 Å². The molecule has 26 valence electrons. The van der Waals surface area contributed by atoms with Gasteiger partial charge in [-0.25, -0.2) is 4.79 Å². The van der Waals surface area contributed by atoms with Gasteiger partial charge in [0.15, 0.2) is 0 Å². The van der Waals surface area contributed by atoms with E-state index in [0.29, 0.717) is 0 Å². The molecule has 4 heteroatoms. The smallest absolute Gasteiger partial charge is 0.450 e. The Bertz CT molecular complexity index is 29.9. The molecule has 0 rings (SSSR count). The zero-order valence-corrected chi connectivity index (χ0v) is 6.95. The summed E-state index contributed by atoms with van der Waals surface area (Å²) in [7, 11) is 0. The van der Waals surface area contributed by atoms with Gasteiger partial charge in [-0.3, -0.25) is 0 Å². The monoisotopic (exact) mass is 202 g/mol. The van der Waals surface area contributed by atoms with Crippen LogP contribution in [0.2, 0.25) is 0 Å². The van der Waals surface area contributed by atoms with Crippen molar-refractivity contribution in [3.05, 3.63) is 0 Å². The van der Waals surface area contributed by atoms with Crippen molar-refractivity contribution < 1.29 is 15.0 Å². The minimum absolute atomic E-state index is 0. The fourth-order valence-electron chi connectivity index (χ4n) is 0. The third-order valence-corrected chi connectivity index (χ3v) is 0. The molecular formula is CH2BaO3. The van der Waals surface area contributed by atoms with Crippen LogP contribution in [0, 0.1) is 0 Å². The summed E-state index contributed by atoms with van der Waals surface area (Å²) < 4.78 is 0. The van der Waals surface area contributed by atoms with E-state index < -0.39 is 6.16 Å². The third-order valence-electron chi connectivity index (χ3n) is 0. The SMILES string of the molecule is O=[14C](O)O.[Ba]. The van der Waals surface area contributed by atoms with E-state index in [1.807, 2.05) is 0 Å². The van der Waals surface area contributed by atoms with Gasteiger partial charge in [0.2, 0.25) is 0 Å². The van der Waals surface area contributed by atoms with E-state index in [9.17, 15) is 0 Å². The molecular weight excluding hydrogens is 199 g/mol. The standard InChI is InChI=1S/CH2O3.Ba/c2-1(3)4;/h(H2,2,3,4);/i1+2;. The van der Waals surface area contributed by atoms with Gasteiger partial charge in [0, 0.05) is 48.9 Å². The molecule has 0 fully saturated rings. The summed E-state index contributed by atoms with van der Waals surface area (Å²) >= 11 is 0. The fraction of sp³-hybridized carbons (Fsp3) is 0. The average molecular weight is 201 g/mol. The molecule has 0 atom stereocenters. The molecule has 3 nitrogen and oxygen atoms in total. The van der Waals surface area contributed by atoms with Crippen molar-refractivity contribution in [2.45, 2.75) is 0 Å². The zero-order valence-electron chi connectivity index (χ0n) is 2.51. The summed E-state index contributed by atoms with van der Waals surface area (Å²) in [6, 6.07) is 0. The molecule has 0 aromatic rings. The van der Waals surface area contributed by atoms with Crippen LogP contribution in [-0.4, -0.2) is 65.2 Å². The van der Waals surface area contributed by atoms with Crippen LogP contribution in [0.15, 0.2) is 0 Å². The summed E-state index contributed by atoms with van der Waals surface area (Å²) in [4.78, 5) is 8.56. The van der Waals surface area contributed by atoms with Crippen LogP contribution in [0.25, 0.3) is 0 Å². The van der Waals surface area contributed by atoms with E-state index in [0.717, 1.165) is 0 Å². The van der Waals surface area contributed by atoms with E-state index in [4.69, 9.17) is 15.0 Å². The first-order chi connectivity index (χ1) is 1.73. The van der Waals surface area contributed by atoms with Crippen LogP contribution in [0.3, 0.4) is 0 Å². The van der Waals surface area contributed by atoms with Crippen LogP contribution in [-0.2, 0) is 0 Å². The Morgan fingerprint density at radius 2 is 1.40 bits per heavy atom. The Kier molecular flexibility index (Phi) is 8.98. The van der Waals surface area contributed by atoms with E-state index in [2.05, 4.69) is 0 Å². The van der Waals surface area contributed by atoms with Gasteiger partial charge in [0.05, 0.1) is 0 Å². The van der Waals surface area contributed by atoms with Crippen molar-refractivity contribution in [3.8, 4) is 0 Å². The molecule has 0 saturated carbocycles. The van der Waals surface area contributed by atoms with Crippen molar-refractivity contribution in [1.82, 2.24) is 0 Å². The molecule has 0 aromatic carbocycles. The first-order valence-electron chi connectivity index (χ1n) is 0.651. The van der Waals surface area contributed by atoms with E-state index >= 15 is 0 Å². The second-order valence-corrected chi connectivity index (χ2v) is 0.283. The Balaban J connectivity index is 0. The summed E-state index contributed by atoms with van der Waals surface area (Å²) in [5, 5.41) is 13.9. The van der Waals surface area contributed by atoms with Crippen LogP contribution in [0.1, 0.15) is 0 Å². The molecule has 5 heavy (non-hydrogen) atoms. The first-order valence-corrected chi connectivity index (χ1v) is 0.651. The van der Waals surface area contributed by atoms with E-state index in [-0.39, 0.29) is 48.9 Å². The maximum absolute atomic E-state index is 8.56. The van der Waals surface area contributed by atoms with Crippen molar-refractivity contribution in [2.75, 3.05) is 0 Å². The van der Waals surface area contributed by atoms with E-state index in [1.165, 1.54) is 0 Å². The van der Waals surface area contributed by atoms with Crippen molar-refractivity contribution in [2.24, 2.45) is 0 Å². The molecule has 2 radical (unpaired) electrons. The van der Waals surface area contributed by atoms with Crippen molar-refractivity contribution in [1.29, 1.82) is 0 Å². The Morgan fingerprint density at radius 1 is 1.40 bits per heavy atom. The Labute approximate surface area is 69.1 Å². The summed E-state index contributed by atoms with van der Waals surface area (Å²) in [5.41, 5.74) is 0. The molecule has 0 bridgehead atoms. The third kappa shape index (κ3) is 55.2. The van der Waals surface area contributed by atoms with Gasteiger partial charge in [-0.1, -0.05) is 0 Å². The Morgan fingerprint density at radius 3 is 1.40 bits per heavy atom. The van der Waals surface area contributed by atoms with E-state index in [1.54, 1.807) is 0 Å². The van der Waals surface area contributed by atoms with Gasteiger partial charge >= 0.3 is 6.16 Å². The quantitative estimate of drug-likeness (QED) is 0.536. The first kappa shape index (κ1) is 9.28. The van der Waals surface area contributed by atoms with Gasteiger partial charge in [-0.15, -0.1) is 0 Å². The van der Waals surface area contributed by atoms with Gasteiger partial charge in [0.25, 0.3) is 0 Å². The molecule has 2 N–H and O–H groups in total. The number of hydrogen-bond acceptors (Lipinski definition) is 1. The topological polar surface area (TPSA) is 57.5 Å². The zero-order chi connectivity index (χ0) is 3.58. The minimum Gasteiger partial charge on any atom is -0.450 e. The van der Waals surface area contributed by atoms with Gasteiger partial charge < -0.3 is 10.2 Å². The molecule has 0 amide bonds. The Hall–Kier alpha value is 0.841. The summed E-state index contributed by atoms with van der Waals surface area (Å²) in [6.45, 7) is 0. The minimum atomic E-state index is -1.83. The molecule has 0 aliphatic carbocycles. The maximum atomic E-state index is 8.56. The van der Waals surface area contributed by atoms with Gasteiger partial charge in [-0.2, -0.15) is 0 Å². The maximum Gasteiger partial charge on any atom is 0.503 e. The predicted molar refractivity (Wildman–Crippen MR) is 16.4 cm³/mol.